The van der Waals surface area contributed by atoms with Crippen molar-refractivity contribution in [1.29, 1.82) is 0 Å². The second-order valence-corrected chi connectivity index (χ2v) is 10.4. The third kappa shape index (κ3) is 2.87. The van der Waals surface area contributed by atoms with Crippen LogP contribution in [-0.4, -0.2) is 14.4 Å². The van der Waals surface area contributed by atoms with Gasteiger partial charge in [-0.15, -0.1) is 14.0 Å². The smallest absolute Gasteiger partial charge is 0.459 e. The van der Waals surface area contributed by atoms with Crippen LogP contribution < -0.4 is 33.5 Å². The first-order chi connectivity index (χ1) is 7.21. The minimum absolute atomic E-state index is 0. The fraction of sp³-hybridized carbons (Fsp3) is 0.400. The Bertz CT molecular complexity index is 449. The molecule has 0 aliphatic carbocycles. The van der Waals surface area contributed by atoms with E-state index in [0.717, 1.165) is 5.19 Å². The van der Waals surface area contributed by atoms with Crippen LogP contribution in [0.2, 0.25) is 19.6 Å². The maximum atomic E-state index is 13.0. The second kappa shape index (κ2) is 4.58. The van der Waals surface area contributed by atoms with Gasteiger partial charge >= 0.3 is 25.2 Å². The summed E-state index contributed by atoms with van der Waals surface area (Å²) in [5.41, 5.74) is 0. The predicted octanol–water partition coefficient (Wildman–Crippen LogP) is 0.120. The Morgan fingerprint density at radius 1 is 1.24 bits per heavy atom. The molecule has 2 rings (SSSR count). The van der Waals surface area contributed by atoms with Crippen molar-refractivity contribution in [1.82, 2.24) is 0 Å². The van der Waals surface area contributed by atoms with Crippen LogP contribution in [0.1, 0.15) is 0 Å². The van der Waals surface area contributed by atoms with Crippen LogP contribution in [0.5, 0.6) is 11.5 Å². The second-order valence-electron chi connectivity index (χ2n) is 4.59. The zero-order valence-corrected chi connectivity index (χ0v) is 12.6. The minimum Gasteiger partial charge on any atom is -0.459 e. The van der Waals surface area contributed by atoms with E-state index in [1.807, 2.05) is 19.6 Å². The molecule has 2 nitrogen and oxygen atoms in total. The van der Waals surface area contributed by atoms with Gasteiger partial charge in [-0.1, -0.05) is 40.0 Å². The van der Waals surface area contributed by atoms with E-state index in [1.165, 1.54) is 0 Å². The Balaban J connectivity index is 0.00000144. The molecule has 0 atom stereocenters. The van der Waals surface area contributed by atoms with Crippen molar-refractivity contribution in [3.8, 4) is 11.5 Å². The number of hydrogen-bond acceptors (Lipinski definition) is 2. The number of fused-ring (bicyclic) bond motifs is 1. The third-order valence-electron chi connectivity index (χ3n) is 2.24. The van der Waals surface area contributed by atoms with E-state index in [4.69, 9.17) is 0 Å². The first kappa shape index (κ1) is 15.0. The summed E-state index contributed by atoms with van der Waals surface area (Å²) in [7, 11) is -1.77. The van der Waals surface area contributed by atoms with Crippen LogP contribution in [0, 0.1) is 6.07 Å². The van der Waals surface area contributed by atoms with Crippen LogP contribution in [0.25, 0.3) is 0 Å². The summed E-state index contributed by atoms with van der Waals surface area (Å²) in [5.74, 6) is 0.194. The number of alkyl halides is 2. The molecule has 0 bridgehead atoms. The molecule has 88 valence electrons. The average Bonchev–Trinajstić information content (AvgIpc) is 2.39. The van der Waals surface area contributed by atoms with Gasteiger partial charge in [-0.05, 0) is 0 Å². The molecule has 1 aromatic rings. The van der Waals surface area contributed by atoms with Crippen molar-refractivity contribution in [3.63, 3.8) is 0 Å². The van der Waals surface area contributed by atoms with Gasteiger partial charge in [0.2, 0.25) is 0 Å². The van der Waals surface area contributed by atoms with Gasteiger partial charge in [0, 0.05) is 8.07 Å². The molecule has 0 saturated heterocycles. The van der Waals surface area contributed by atoms with Gasteiger partial charge in [0.25, 0.3) is 0 Å². The van der Waals surface area contributed by atoms with Gasteiger partial charge in [-0.25, -0.2) is 0 Å². The van der Waals surface area contributed by atoms with Gasteiger partial charge in [-0.2, -0.15) is 12.1 Å². The SMILES string of the molecule is C[Si](C)(C)c1c[c-]c(Br)c2c1OC(F)(F)O2.[Li+]. The van der Waals surface area contributed by atoms with E-state index in [0.29, 0.717) is 4.47 Å². The molecule has 0 aromatic heterocycles. The van der Waals surface area contributed by atoms with Gasteiger partial charge in [0.05, 0.1) is 11.5 Å². The summed E-state index contributed by atoms with van der Waals surface area (Å²) >= 11 is 3.12. The molecule has 0 spiro atoms. The quantitative estimate of drug-likeness (QED) is 0.541. The molecule has 0 amide bonds. The number of ether oxygens (including phenoxy) is 2. The molecule has 7 heteroatoms. The van der Waals surface area contributed by atoms with Gasteiger partial charge in [0.15, 0.2) is 0 Å². The summed E-state index contributed by atoms with van der Waals surface area (Å²) < 4.78 is 35.4. The van der Waals surface area contributed by atoms with Gasteiger partial charge in [0.1, 0.15) is 0 Å². The van der Waals surface area contributed by atoms with Gasteiger partial charge in [-0.3, -0.25) is 0 Å². The summed E-state index contributed by atoms with van der Waals surface area (Å²) in [6.45, 7) is 6.14. The molecular weight excluding hydrogens is 305 g/mol. The Morgan fingerprint density at radius 3 is 2.29 bits per heavy atom. The Morgan fingerprint density at radius 2 is 1.76 bits per heavy atom. The van der Waals surface area contributed by atoms with Crippen LogP contribution in [0.3, 0.4) is 0 Å². The van der Waals surface area contributed by atoms with Crippen molar-refractivity contribution in [3.05, 3.63) is 16.6 Å². The van der Waals surface area contributed by atoms with Crippen LogP contribution in [0.15, 0.2) is 10.5 Å². The van der Waals surface area contributed by atoms with E-state index >= 15 is 0 Å². The maximum absolute atomic E-state index is 13.0. The van der Waals surface area contributed by atoms with Crippen molar-refractivity contribution in [2.75, 3.05) is 0 Å². The summed E-state index contributed by atoms with van der Waals surface area (Å²) in [6, 6.07) is 4.55. The normalized spacial score (nSPS) is 16.6. The zero-order chi connectivity index (χ0) is 12.1. The largest absolute Gasteiger partial charge is 1.00 e. The molecule has 1 aliphatic heterocycles. The molecule has 0 N–H and O–H groups in total. The fourth-order valence-electron chi connectivity index (χ4n) is 1.50. The molecule has 0 radical (unpaired) electrons. The maximum Gasteiger partial charge on any atom is 1.00 e. The van der Waals surface area contributed by atoms with Crippen molar-refractivity contribution in [2.24, 2.45) is 0 Å². The van der Waals surface area contributed by atoms with Crippen LogP contribution >= 0.6 is 15.9 Å². The molecule has 0 unspecified atom stereocenters. The molecule has 17 heavy (non-hydrogen) atoms. The van der Waals surface area contributed by atoms with E-state index in [2.05, 4.69) is 31.5 Å². The first-order valence-corrected chi connectivity index (χ1v) is 9.00. The number of benzene rings is 1. The minimum atomic E-state index is -3.57. The Hall–Kier alpha value is -0.0257. The molecule has 0 saturated carbocycles. The molecule has 1 heterocycles. The molecule has 1 aromatic carbocycles. The van der Waals surface area contributed by atoms with Crippen molar-refractivity contribution < 1.29 is 37.1 Å². The van der Waals surface area contributed by atoms with Gasteiger partial charge < -0.3 is 9.47 Å². The summed E-state index contributed by atoms with van der Waals surface area (Å²) in [6.07, 6.45) is -3.57. The fourth-order valence-corrected chi connectivity index (χ4v) is 3.22. The number of rotatable bonds is 1. The predicted molar refractivity (Wildman–Crippen MR) is 62.2 cm³/mol. The summed E-state index contributed by atoms with van der Waals surface area (Å²) in [4.78, 5) is 0. The summed E-state index contributed by atoms with van der Waals surface area (Å²) in [5, 5.41) is 0.780. The van der Waals surface area contributed by atoms with E-state index in [-0.39, 0.29) is 30.4 Å². The third-order valence-corrected chi connectivity index (χ3v) is 4.82. The standard InChI is InChI=1S/C10H10BrF2O2Si.Li/c1-16(2,3)7-5-4-6(11)8-9(7)15-10(12,13)14-8;/h5H,1-3H3;/q-1;+1. The first-order valence-electron chi connectivity index (χ1n) is 4.71. The van der Waals surface area contributed by atoms with E-state index < -0.39 is 14.4 Å². The van der Waals surface area contributed by atoms with Crippen molar-refractivity contribution >= 4 is 29.2 Å². The van der Waals surface area contributed by atoms with Crippen LogP contribution in [0.4, 0.5) is 8.78 Å². The van der Waals surface area contributed by atoms with E-state index in [1.54, 1.807) is 6.07 Å². The Kier molecular flexibility index (Phi) is 4.05. The monoisotopic (exact) mass is 314 g/mol. The van der Waals surface area contributed by atoms with Crippen LogP contribution in [-0.2, 0) is 0 Å². The molecule has 1 aliphatic rings. The molecular formula is C10H10BrF2LiO2Si. The Labute approximate surface area is 120 Å². The number of halogens is 3. The topological polar surface area (TPSA) is 18.5 Å². The van der Waals surface area contributed by atoms with E-state index in [9.17, 15) is 8.78 Å². The van der Waals surface area contributed by atoms with Crippen molar-refractivity contribution in [2.45, 2.75) is 25.9 Å². The average molecular weight is 315 g/mol. The molecule has 0 fully saturated rings. The number of hydrogen-bond donors (Lipinski definition) is 0. The zero-order valence-electron chi connectivity index (χ0n) is 10.0.